The van der Waals surface area contributed by atoms with Crippen LogP contribution in [-0.4, -0.2) is 90.4 Å². The van der Waals surface area contributed by atoms with Crippen molar-refractivity contribution < 1.29 is 42.8 Å². The Morgan fingerprint density at radius 2 is 1.18 bits per heavy atom. The van der Waals surface area contributed by atoms with Crippen LogP contribution in [0.3, 0.4) is 0 Å². The summed E-state index contributed by atoms with van der Waals surface area (Å²) in [5.41, 5.74) is -0.267. The van der Waals surface area contributed by atoms with E-state index in [0.717, 1.165) is 44.9 Å². The maximum Gasteiger partial charge on any atom is 0.306 e. The second-order valence-corrected chi connectivity index (χ2v) is 16.5. The second-order valence-electron chi connectivity index (χ2n) is 16.5. The zero-order chi connectivity index (χ0) is 41.3. The summed E-state index contributed by atoms with van der Waals surface area (Å²) in [5, 5.41) is 8.39. The molecule has 1 aromatic heterocycles. The lowest BCUT2D eigenvalue weighted by Crippen LogP contribution is -2.38. The van der Waals surface area contributed by atoms with Crippen molar-refractivity contribution in [2.24, 2.45) is 0 Å². The normalized spacial score (nSPS) is 12.5. The molecule has 1 unspecified atom stereocenters. The van der Waals surface area contributed by atoms with E-state index in [1.807, 2.05) is 27.7 Å². The van der Waals surface area contributed by atoms with Gasteiger partial charge in [-0.2, -0.15) is 0 Å². The summed E-state index contributed by atoms with van der Waals surface area (Å²) in [5.74, 6) is -0.947. The Kier molecular flexibility index (Phi) is 29.8. The van der Waals surface area contributed by atoms with Gasteiger partial charge in [-0.05, 0) is 47.0 Å². The van der Waals surface area contributed by atoms with E-state index in [9.17, 15) is 14.4 Å². The van der Waals surface area contributed by atoms with Gasteiger partial charge in [-0.15, -0.1) is 5.10 Å². The van der Waals surface area contributed by atoms with Crippen LogP contribution in [0, 0.1) is 0 Å². The Hall–Kier alpha value is -2.57. The number of unbranched alkanes of at least 4 members (excludes halogenated alkanes) is 16. The first-order valence-electron chi connectivity index (χ1n) is 22.1. The third-order valence-corrected chi connectivity index (χ3v) is 9.82. The van der Waals surface area contributed by atoms with Crippen molar-refractivity contribution in [3.05, 3.63) is 11.9 Å². The number of ether oxygens (including phenoxy) is 6. The monoisotopic (exact) mass is 796 g/mol. The van der Waals surface area contributed by atoms with Gasteiger partial charge in [0.05, 0.1) is 43.1 Å². The molecule has 0 spiro atoms. The summed E-state index contributed by atoms with van der Waals surface area (Å²) in [4.78, 5) is 37.9. The molecule has 0 radical (unpaired) electrons. The van der Waals surface area contributed by atoms with Crippen molar-refractivity contribution in [1.29, 1.82) is 0 Å². The SMILES string of the molecule is CCCCCCCCCCCC(=O)OCC(Cn1cc(CCC(=O)OCCOC(C)(C)COC(C)(C)CCOC)nn1)OC(=O)CCCCCCCCCCC. The Labute approximate surface area is 340 Å². The Morgan fingerprint density at radius 1 is 0.643 bits per heavy atom. The third-order valence-electron chi connectivity index (χ3n) is 9.82. The number of methoxy groups -OCH3 is 1. The lowest BCUT2D eigenvalue weighted by atomic mass is 10.0. The van der Waals surface area contributed by atoms with Crippen molar-refractivity contribution in [1.82, 2.24) is 15.0 Å². The van der Waals surface area contributed by atoms with Gasteiger partial charge in [-0.1, -0.05) is 122 Å². The van der Waals surface area contributed by atoms with E-state index in [2.05, 4.69) is 24.2 Å². The quantitative estimate of drug-likeness (QED) is 0.0359. The molecule has 0 N–H and O–H groups in total. The molecule has 0 amide bonds. The zero-order valence-electron chi connectivity index (χ0n) is 36.7. The highest BCUT2D eigenvalue weighted by Gasteiger charge is 2.26. The molecule has 1 atom stereocenters. The largest absolute Gasteiger partial charge is 0.463 e. The first-order valence-corrected chi connectivity index (χ1v) is 22.1. The summed E-state index contributed by atoms with van der Waals surface area (Å²) >= 11 is 0. The molecule has 1 rings (SSSR count). The minimum atomic E-state index is -0.696. The van der Waals surface area contributed by atoms with E-state index in [4.69, 9.17) is 28.4 Å². The smallest absolute Gasteiger partial charge is 0.306 e. The molecule has 0 saturated heterocycles. The summed E-state index contributed by atoms with van der Waals surface area (Å²) < 4.78 is 35.4. The van der Waals surface area contributed by atoms with E-state index in [0.29, 0.717) is 38.2 Å². The highest BCUT2D eigenvalue weighted by molar-refractivity contribution is 5.70. The Balaban J connectivity index is 2.52. The van der Waals surface area contributed by atoms with Crippen LogP contribution < -0.4 is 0 Å². The van der Waals surface area contributed by atoms with Crippen LogP contribution in [0.25, 0.3) is 0 Å². The van der Waals surface area contributed by atoms with E-state index in [1.54, 1.807) is 18.0 Å². The van der Waals surface area contributed by atoms with Crippen LogP contribution in [0.15, 0.2) is 6.20 Å². The average molecular weight is 796 g/mol. The molecule has 0 aliphatic rings. The molecule has 326 valence electrons. The summed E-state index contributed by atoms with van der Waals surface area (Å²) in [6.45, 7) is 13.9. The number of carbonyl (C=O) groups excluding carboxylic acids is 3. The fourth-order valence-corrected chi connectivity index (χ4v) is 6.14. The van der Waals surface area contributed by atoms with Gasteiger partial charge in [-0.25, -0.2) is 4.68 Å². The fraction of sp³-hybridized carbons (Fsp3) is 0.886. The van der Waals surface area contributed by atoms with Gasteiger partial charge in [0, 0.05) is 39.2 Å². The van der Waals surface area contributed by atoms with Gasteiger partial charge in [0.25, 0.3) is 0 Å². The number of hydrogen-bond donors (Lipinski definition) is 0. The van der Waals surface area contributed by atoms with Gasteiger partial charge in [0.2, 0.25) is 0 Å². The summed E-state index contributed by atoms with van der Waals surface area (Å²) in [6, 6.07) is 0. The molecule has 0 aliphatic heterocycles. The first kappa shape index (κ1) is 51.4. The number of aromatic nitrogens is 3. The molecule has 0 saturated carbocycles. The number of hydrogen-bond acceptors (Lipinski definition) is 11. The van der Waals surface area contributed by atoms with Gasteiger partial charge in [0.1, 0.15) is 13.2 Å². The van der Waals surface area contributed by atoms with Gasteiger partial charge >= 0.3 is 17.9 Å². The molecule has 0 bridgehead atoms. The second kappa shape index (κ2) is 32.4. The van der Waals surface area contributed by atoms with Crippen molar-refractivity contribution in [2.75, 3.05) is 40.1 Å². The molecule has 12 nitrogen and oxygen atoms in total. The minimum absolute atomic E-state index is 0.0438. The molecule has 56 heavy (non-hydrogen) atoms. The number of rotatable bonds is 38. The van der Waals surface area contributed by atoms with Gasteiger partial charge < -0.3 is 28.4 Å². The van der Waals surface area contributed by atoms with Crippen LogP contribution in [-0.2, 0) is 55.8 Å². The highest BCUT2D eigenvalue weighted by Crippen LogP contribution is 2.19. The van der Waals surface area contributed by atoms with E-state index in [-0.39, 0.29) is 56.3 Å². The van der Waals surface area contributed by atoms with Crippen molar-refractivity contribution >= 4 is 17.9 Å². The van der Waals surface area contributed by atoms with E-state index < -0.39 is 11.7 Å². The van der Waals surface area contributed by atoms with Crippen molar-refractivity contribution in [3.8, 4) is 0 Å². The number of nitrogens with zero attached hydrogens (tertiary/aromatic N) is 3. The van der Waals surface area contributed by atoms with Crippen LogP contribution in [0.1, 0.15) is 188 Å². The molecule has 1 aromatic rings. The van der Waals surface area contributed by atoms with Gasteiger partial charge in [-0.3, -0.25) is 14.4 Å². The van der Waals surface area contributed by atoms with E-state index in [1.165, 1.54) is 77.0 Å². The van der Waals surface area contributed by atoms with Crippen molar-refractivity contribution in [2.45, 2.75) is 213 Å². The summed E-state index contributed by atoms with van der Waals surface area (Å²) in [6.07, 6.45) is 23.9. The van der Waals surface area contributed by atoms with Crippen molar-refractivity contribution in [3.63, 3.8) is 0 Å². The minimum Gasteiger partial charge on any atom is -0.463 e. The topological polar surface area (TPSA) is 137 Å². The lowest BCUT2D eigenvalue weighted by molar-refractivity contribution is -0.160. The average Bonchev–Trinajstić information content (AvgIpc) is 3.62. The molecule has 0 aliphatic carbocycles. The molecular formula is C44H81N3O9. The Morgan fingerprint density at radius 3 is 1.75 bits per heavy atom. The predicted molar refractivity (Wildman–Crippen MR) is 220 cm³/mol. The first-order chi connectivity index (χ1) is 26.9. The zero-order valence-corrected chi connectivity index (χ0v) is 36.7. The lowest BCUT2D eigenvalue weighted by Gasteiger charge is -2.32. The third kappa shape index (κ3) is 29.6. The number of carbonyl (C=O) groups is 3. The Bertz CT molecular complexity index is 1140. The number of esters is 3. The molecule has 1 heterocycles. The van der Waals surface area contributed by atoms with Gasteiger partial charge in [0.15, 0.2) is 6.10 Å². The molecular weight excluding hydrogens is 714 g/mol. The number of aryl methyl sites for hydroxylation is 1. The summed E-state index contributed by atoms with van der Waals surface area (Å²) in [7, 11) is 1.67. The maximum atomic E-state index is 12.8. The van der Waals surface area contributed by atoms with Crippen LogP contribution in [0.5, 0.6) is 0 Å². The molecule has 0 fully saturated rings. The maximum absolute atomic E-state index is 12.8. The van der Waals surface area contributed by atoms with E-state index >= 15 is 0 Å². The molecule has 12 heteroatoms. The van der Waals surface area contributed by atoms with Crippen LogP contribution >= 0.6 is 0 Å². The fourth-order valence-electron chi connectivity index (χ4n) is 6.14. The van der Waals surface area contributed by atoms with Crippen LogP contribution in [0.2, 0.25) is 0 Å². The molecule has 0 aromatic carbocycles. The van der Waals surface area contributed by atoms with Crippen LogP contribution in [0.4, 0.5) is 0 Å². The predicted octanol–water partition coefficient (Wildman–Crippen LogP) is 9.68. The highest BCUT2D eigenvalue weighted by atomic mass is 16.6. The standard InChI is InChI=1S/C44H81N3O9/c1-8-10-12-14-16-18-20-22-24-26-40(48)53-36-39(56-42(50)27-25-23-21-19-17-15-13-11-9-2)35-47-34-38(45-46-47)28-29-41(49)52-32-33-54-44(5,6)37-55-43(3,4)30-31-51-7/h34,39H,8-33,35-37H2,1-7H3.